The number of methoxy groups -OCH3 is 3. The molecule has 126 valence electrons. The molecule has 1 heterocycles. The van der Waals surface area contributed by atoms with Crippen molar-refractivity contribution in [2.24, 2.45) is 0 Å². The first-order valence-electron chi connectivity index (χ1n) is 8.22. The van der Waals surface area contributed by atoms with Gasteiger partial charge in [-0.1, -0.05) is 11.6 Å². The summed E-state index contributed by atoms with van der Waals surface area (Å²) in [5.41, 5.74) is 2.93. The van der Waals surface area contributed by atoms with E-state index in [1.54, 1.807) is 21.3 Å². The zero-order valence-electron chi connectivity index (χ0n) is 14.8. The molecule has 23 heavy (non-hydrogen) atoms. The number of nitrogens with zero attached hydrogens (tertiary/aromatic N) is 1. The number of hydrogen-bond donors (Lipinski definition) is 0. The minimum absolute atomic E-state index is 0.140. The maximum absolute atomic E-state index is 5.57. The van der Waals surface area contributed by atoms with Crippen LogP contribution in [0.15, 0.2) is 23.8 Å². The summed E-state index contributed by atoms with van der Waals surface area (Å²) in [6, 6.07) is 4.82. The molecule has 2 atom stereocenters. The molecule has 3 rings (SSSR count). The van der Waals surface area contributed by atoms with Crippen LogP contribution in [0, 0.1) is 0 Å². The van der Waals surface area contributed by atoms with E-state index in [0.717, 1.165) is 37.3 Å². The van der Waals surface area contributed by atoms with Crippen LogP contribution in [-0.4, -0.2) is 45.9 Å². The Kier molecular flexibility index (Phi) is 4.28. The van der Waals surface area contributed by atoms with Crippen LogP contribution >= 0.6 is 0 Å². The number of likely N-dealkylation sites (N-methyl/N-ethyl adjacent to an activating group) is 1. The quantitative estimate of drug-likeness (QED) is 0.797. The fourth-order valence-electron chi connectivity index (χ4n) is 4.28. The highest BCUT2D eigenvalue weighted by Gasteiger charge is 2.48. The Morgan fingerprint density at radius 3 is 2.30 bits per heavy atom. The van der Waals surface area contributed by atoms with Crippen molar-refractivity contribution in [1.29, 1.82) is 0 Å². The highest BCUT2D eigenvalue weighted by Crippen LogP contribution is 2.51. The van der Waals surface area contributed by atoms with Gasteiger partial charge in [0.15, 0.2) is 11.5 Å². The molecule has 1 aromatic carbocycles. The van der Waals surface area contributed by atoms with Gasteiger partial charge >= 0.3 is 0 Å². The number of hydrogen-bond acceptors (Lipinski definition) is 4. The predicted octanol–water partition coefficient (Wildman–Crippen LogP) is 3.39. The van der Waals surface area contributed by atoms with Gasteiger partial charge in [-0.25, -0.2) is 0 Å². The van der Waals surface area contributed by atoms with Crippen molar-refractivity contribution in [3.63, 3.8) is 0 Å². The van der Waals surface area contributed by atoms with E-state index in [-0.39, 0.29) is 5.41 Å². The third-order valence-electron chi connectivity index (χ3n) is 5.65. The van der Waals surface area contributed by atoms with E-state index >= 15 is 0 Å². The normalized spacial score (nSPS) is 27.3. The van der Waals surface area contributed by atoms with Gasteiger partial charge in [-0.05, 0) is 57.5 Å². The zero-order valence-corrected chi connectivity index (χ0v) is 14.8. The van der Waals surface area contributed by atoms with Gasteiger partial charge in [-0.3, -0.25) is 0 Å². The van der Waals surface area contributed by atoms with Crippen molar-refractivity contribution < 1.29 is 14.2 Å². The molecular weight excluding hydrogens is 290 g/mol. The predicted molar refractivity (Wildman–Crippen MR) is 91.8 cm³/mol. The Hall–Kier alpha value is -1.68. The molecule has 1 aliphatic heterocycles. The van der Waals surface area contributed by atoms with Crippen LogP contribution < -0.4 is 14.2 Å². The average Bonchev–Trinajstić information content (AvgIpc) is 2.91. The van der Waals surface area contributed by atoms with Crippen molar-refractivity contribution in [3.8, 4) is 17.2 Å². The lowest BCUT2D eigenvalue weighted by Gasteiger charge is -2.41. The van der Waals surface area contributed by atoms with E-state index in [4.69, 9.17) is 14.2 Å². The molecule has 4 nitrogen and oxygen atoms in total. The fraction of sp³-hybridized carbons (Fsp3) is 0.579. The highest BCUT2D eigenvalue weighted by atomic mass is 16.5. The number of fused-ring (bicyclic) bond motifs is 1. The largest absolute Gasteiger partial charge is 0.493 e. The molecule has 1 fully saturated rings. The monoisotopic (exact) mass is 317 g/mol. The van der Waals surface area contributed by atoms with Crippen molar-refractivity contribution in [2.45, 2.75) is 37.6 Å². The Balaban J connectivity index is 2.13. The first-order chi connectivity index (χ1) is 11.1. The molecule has 4 heteroatoms. The maximum atomic E-state index is 5.57. The van der Waals surface area contributed by atoms with Gasteiger partial charge in [0.2, 0.25) is 5.75 Å². The Bertz CT molecular complexity index is 600. The van der Waals surface area contributed by atoms with Crippen molar-refractivity contribution >= 4 is 0 Å². The summed E-state index contributed by atoms with van der Waals surface area (Å²) in [4.78, 5) is 2.50. The molecule has 1 saturated heterocycles. The highest BCUT2D eigenvalue weighted by molar-refractivity contribution is 5.56. The van der Waals surface area contributed by atoms with Gasteiger partial charge in [0.05, 0.1) is 21.3 Å². The lowest BCUT2D eigenvalue weighted by atomic mass is 9.67. The number of allylic oxidation sites excluding steroid dienone is 1. The zero-order chi connectivity index (χ0) is 16.6. The summed E-state index contributed by atoms with van der Waals surface area (Å²) < 4.78 is 16.6. The lowest BCUT2D eigenvalue weighted by molar-refractivity contribution is 0.230. The van der Waals surface area contributed by atoms with Crippen LogP contribution in [0.25, 0.3) is 0 Å². The molecule has 2 aliphatic rings. The first kappa shape index (κ1) is 16.2. The topological polar surface area (TPSA) is 30.9 Å². The standard InChI is InChI=1S/C19H27NO3/c1-13-6-7-19(8-9-20(2)17(19)10-13)14-11-15(21-3)18(23-5)16(12-14)22-4/h6,11-12,17H,7-10H2,1-5H3/t17-,19-/m0/s1. The molecule has 0 bridgehead atoms. The summed E-state index contributed by atoms with van der Waals surface area (Å²) in [6.07, 6.45) is 5.77. The SMILES string of the molecule is COc1cc([C@@]23CC=C(C)C[C@@H]2N(C)CC3)cc(OC)c1OC. The van der Waals surface area contributed by atoms with Gasteiger partial charge in [0.25, 0.3) is 0 Å². The smallest absolute Gasteiger partial charge is 0.203 e. The van der Waals surface area contributed by atoms with E-state index in [1.165, 1.54) is 11.1 Å². The minimum atomic E-state index is 0.140. The molecule has 0 radical (unpaired) electrons. The van der Waals surface area contributed by atoms with Crippen LogP contribution in [-0.2, 0) is 5.41 Å². The van der Waals surface area contributed by atoms with Gasteiger partial charge < -0.3 is 19.1 Å². The van der Waals surface area contributed by atoms with Gasteiger partial charge in [-0.2, -0.15) is 0 Å². The molecule has 0 spiro atoms. The average molecular weight is 317 g/mol. The second kappa shape index (κ2) is 6.08. The second-order valence-corrected chi connectivity index (χ2v) is 6.78. The van der Waals surface area contributed by atoms with Crippen LogP contribution in [0.3, 0.4) is 0 Å². The molecule has 1 aliphatic carbocycles. The fourth-order valence-corrected chi connectivity index (χ4v) is 4.28. The Labute approximate surface area is 139 Å². The van der Waals surface area contributed by atoms with Crippen LogP contribution in [0.1, 0.15) is 31.7 Å². The Morgan fingerprint density at radius 1 is 1.09 bits per heavy atom. The van der Waals surface area contributed by atoms with E-state index in [2.05, 4.69) is 37.1 Å². The summed E-state index contributed by atoms with van der Waals surface area (Å²) in [7, 11) is 7.25. The van der Waals surface area contributed by atoms with Gasteiger partial charge in [0.1, 0.15) is 0 Å². The van der Waals surface area contributed by atoms with Crippen molar-refractivity contribution in [3.05, 3.63) is 29.3 Å². The molecule has 0 saturated carbocycles. The van der Waals surface area contributed by atoms with E-state index in [1.807, 2.05) is 0 Å². The number of ether oxygens (including phenoxy) is 3. The molecule has 0 amide bonds. The second-order valence-electron chi connectivity index (χ2n) is 6.78. The molecule has 0 N–H and O–H groups in total. The lowest BCUT2D eigenvalue weighted by Crippen LogP contribution is -2.43. The summed E-state index contributed by atoms with van der Waals surface area (Å²) in [5, 5.41) is 0. The van der Waals surface area contributed by atoms with E-state index < -0.39 is 0 Å². The van der Waals surface area contributed by atoms with Crippen LogP contribution in [0.5, 0.6) is 17.2 Å². The van der Waals surface area contributed by atoms with Gasteiger partial charge in [-0.15, -0.1) is 0 Å². The number of benzene rings is 1. The molecule has 0 unspecified atom stereocenters. The summed E-state index contributed by atoms with van der Waals surface area (Å²) in [6.45, 7) is 3.37. The molecule has 1 aromatic rings. The van der Waals surface area contributed by atoms with E-state index in [0.29, 0.717) is 11.8 Å². The number of rotatable bonds is 4. The minimum Gasteiger partial charge on any atom is -0.493 e. The molecule has 0 aromatic heterocycles. The van der Waals surface area contributed by atoms with Crippen LogP contribution in [0.4, 0.5) is 0 Å². The first-order valence-corrected chi connectivity index (χ1v) is 8.22. The maximum Gasteiger partial charge on any atom is 0.203 e. The van der Waals surface area contributed by atoms with Crippen LogP contribution in [0.2, 0.25) is 0 Å². The van der Waals surface area contributed by atoms with E-state index in [9.17, 15) is 0 Å². The Morgan fingerprint density at radius 2 is 1.74 bits per heavy atom. The number of likely N-dealkylation sites (tertiary alicyclic amines) is 1. The summed E-state index contributed by atoms with van der Waals surface area (Å²) >= 11 is 0. The van der Waals surface area contributed by atoms with Crippen molar-refractivity contribution in [1.82, 2.24) is 4.90 Å². The third kappa shape index (κ3) is 2.49. The summed E-state index contributed by atoms with van der Waals surface area (Å²) in [5.74, 6) is 2.16. The molecular formula is C19H27NO3. The van der Waals surface area contributed by atoms with Gasteiger partial charge in [0, 0.05) is 11.5 Å². The third-order valence-corrected chi connectivity index (χ3v) is 5.65. The van der Waals surface area contributed by atoms with Crippen molar-refractivity contribution in [2.75, 3.05) is 34.9 Å².